The van der Waals surface area contributed by atoms with Gasteiger partial charge >= 0.3 is 0 Å². The number of aryl methyl sites for hydroxylation is 2. The van der Waals surface area contributed by atoms with Crippen molar-refractivity contribution in [2.24, 2.45) is 0 Å². The highest BCUT2D eigenvalue weighted by Gasteiger charge is 2.34. The van der Waals surface area contributed by atoms with Gasteiger partial charge < -0.3 is 9.84 Å². The van der Waals surface area contributed by atoms with Crippen LogP contribution in [-0.4, -0.2) is 16.0 Å². The summed E-state index contributed by atoms with van der Waals surface area (Å²) in [5.41, 5.74) is 6.57. The van der Waals surface area contributed by atoms with Crippen LogP contribution in [0, 0.1) is 13.8 Å². The van der Waals surface area contributed by atoms with Crippen LogP contribution in [0.1, 0.15) is 88.9 Å². The number of hydrogen-bond donors (Lipinski definition) is 1. The van der Waals surface area contributed by atoms with Crippen LogP contribution >= 0.6 is 0 Å². The number of nitrogens with one attached hydrogen (secondary N) is 1. The lowest BCUT2D eigenvalue weighted by molar-refractivity contribution is 0.0941. The Hall–Kier alpha value is -2.69. The minimum atomic E-state index is -0.0788. The lowest BCUT2D eigenvalue weighted by Crippen LogP contribution is -2.27. The van der Waals surface area contributed by atoms with E-state index in [9.17, 15) is 4.79 Å². The van der Waals surface area contributed by atoms with Crippen molar-refractivity contribution in [3.05, 3.63) is 57.9 Å². The fourth-order valence-electron chi connectivity index (χ4n) is 4.06. The van der Waals surface area contributed by atoms with E-state index in [0.717, 1.165) is 48.0 Å². The van der Waals surface area contributed by atoms with E-state index in [1.807, 2.05) is 13.0 Å². The second kappa shape index (κ2) is 6.43. The van der Waals surface area contributed by atoms with Crippen molar-refractivity contribution < 1.29 is 9.32 Å². The first kappa shape index (κ1) is 17.4. The molecule has 2 saturated carbocycles. The standard InChI is InChI=1S/C23H25N3O2/c1-12-4-9-17(13(2)10-12)14(3)24-22(27)18-11-19(15-5-6-15)25-23-20(18)21(26-28-23)16-7-8-16/h4,9-11,14-16H,5-8H2,1-3H3,(H,24,27). The first-order valence-corrected chi connectivity index (χ1v) is 10.2. The van der Waals surface area contributed by atoms with Crippen molar-refractivity contribution in [3.8, 4) is 0 Å². The molecule has 28 heavy (non-hydrogen) atoms. The third-order valence-electron chi connectivity index (χ3n) is 5.94. The molecule has 0 spiro atoms. The van der Waals surface area contributed by atoms with Gasteiger partial charge in [-0.05, 0) is 63.6 Å². The quantitative estimate of drug-likeness (QED) is 0.675. The van der Waals surface area contributed by atoms with Crippen LogP contribution < -0.4 is 5.32 Å². The van der Waals surface area contributed by atoms with E-state index in [-0.39, 0.29) is 11.9 Å². The summed E-state index contributed by atoms with van der Waals surface area (Å²) >= 11 is 0. The smallest absolute Gasteiger partial charge is 0.259 e. The Kier molecular flexibility index (Phi) is 4.00. The number of carbonyl (C=O) groups excluding carboxylic acids is 1. The van der Waals surface area contributed by atoms with Crippen molar-refractivity contribution in [1.29, 1.82) is 0 Å². The monoisotopic (exact) mass is 375 g/mol. The summed E-state index contributed by atoms with van der Waals surface area (Å²) in [5.74, 6) is 0.771. The molecule has 2 heterocycles. The molecule has 0 saturated heterocycles. The maximum atomic E-state index is 13.3. The third kappa shape index (κ3) is 3.09. The first-order chi connectivity index (χ1) is 13.5. The molecule has 2 aliphatic rings. The molecule has 2 fully saturated rings. The lowest BCUT2D eigenvalue weighted by atomic mass is 9.99. The highest BCUT2D eigenvalue weighted by molar-refractivity contribution is 6.06. The van der Waals surface area contributed by atoms with Gasteiger partial charge in [-0.2, -0.15) is 0 Å². The number of fused-ring (bicyclic) bond motifs is 1. The molecule has 1 amide bonds. The second-order valence-corrected chi connectivity index (χ2v) is 8.45. The Morgan fingerprint density at radius 1 is 1.14 bits per heavy atom. The van der Waals surface area contributed by atoms with Crippen molar-refractivity contribution >= 4 is 17.0 Å². The van der Waals surface area contributed by atoms with Crippen LogP contribution in [0.25, 0.3) is 11.1 Å². The number of nitrogens with zero attached hydrogens (tertiary/aromatic N) is 2. The Morgan fingerprint density at radius 3 is 2.57 bits per heavy atom. The minimum Gasteiger partial charge on any atom is -0.345 e. The molecule has 144 valence electrons. The van der Waals surface area contributed by atoms with Crippen LogP contribution in [0.5, 0.6) is 0 Å². The summed E-state index contributed by atoms with van der Waals surface area (Å²) in [6.07, 6.45) is 4.46. The van der Waals surface area contributed by atoms with Gasteiger partial charge in [0.05, 0.1) is 22.7 Å². The largest absolute Gasteiger partial charge is 0.345 e. The van der Waals surface area contributed by atoms with Gasteiger partial charge in [-0.25, -0.2) is 4.98 Å². The molecule has 0 bridgehead atoms. The van der Waals surface area contributed by atoms with Crippen molar-refractivity contribution in [3.63, 3.8) is 0 Å². The maximum Gasteiger partial charge on any atom is 0.259 e. The zero-order valence-electron chi connectivity index (χ0n) is 16.6. The maximum absolute atomic E-state index is 13.3. The summed E-state index contributed by atoms with van der Waals surface area (Å²) in [6, 6.07) is 8.23. The van der Waals surface area contributed by atoms with Crippen molar-refractivity contribution in [2.75, 3.05) is 0 Å². The van der Waals surface area contributed by atoms with Gasteiger partial charge in [0.25, 0.3) is 11.6 Å². The molecule has 1 N–H and O–H groups in total. The van der Waals surface area contributed by atoms with E-state index in [1.54, 1.807) is 0 Å². The van der Waals surface area contributed by atoms with E-state index in [2.05, 4.69) is 47.5 Å². The fourth-order valence-corrected chi connectivity index (χ4v) is 4.06. The van der Waals surface area contributed by atoms with Crippen LogP contribution in [0.4, 0.5) is 0 Å². The third-order valence-corrected chi connectivity index (χ3v) is 5.94. The summed E-state index contributed by atoms with van der Waals surface area (Å²) in [7, 11) is 0. The number of rotatable bonds is 5. The molecular formula is C23H25N3O2. The van der Waals surface area contributed by atoms with Crippen LogP contribution in [0.3, 0.4) is 0 Å². The second-order valence-electron chi connectivity index (χ2n) is 8.45. The summed E-state index contributed by atoms with van der Waals surface area (Å²) < 4.78 is 5.54. The van der Waals surface area contributed by atoms with Gasteiger partial charge in [0, 0.05) is 17.5 Å². The molecular weight excluding hydrogens is 350 g/mol. The molecule has 5 heteroatoms. The lowest BCUT2D eigenvalue weighted by Gasteiger charge is -2.18. The van der Waals surface area contributed by atoms with E-state index in [1.165, 1.54) is 11.1 Å². The topological polar surface area (TPSA) is 68.0 Å². The number of hydrogen-bond acceptors (Lipinski definition) is 4. The first-order valence-electron chi connectivity index (χ1n) is 10.2. The molecule has 1 aromatic carbocycles. The highest BCUT2D eigenvalue weighted by Crippen LogP contribution is 2.45. The van der Waals surface area contributed by atoms with Gasteiger partial charge in [-0.3, -0.25) is 4.79 Å². The molecule has 5 nitrogen and oxygen atoms in total. The van der Waals surface area contributed by atoms with Crippen LogP contribution in [0.2, 0.25) is 0 Å². The summed E-state index contributed by atoms with van der Waals surface area (Å²) in [5, 5.41) is 8.26. The average molecular weight is 375 g/mol. The molecule has 2 aliphatic carbocycles. The number of amides is 1. The average Bonchev–Trinajstić information content (AvgIpc) is 3.58. The predicted molar refractivity (Wildman–Crippen MR) is 108 cm³/mol. The molecule has 5 rings (SSSR count). The number of carbonyl (C=O) groups is 1. The van der Waals surface area contributed by atoms with Crippen LogP contribution in [-0.2, 0) is 0 Å². The Morgan fingerprint density at radius 2 is 1.89 bits per heavy atom. The van der Waals surface area contributed by atoms with Gasteiger partial charge in [0.1, 0.15) is 0 Å². The Bertz CT molecular complexity index is 1080. The Balaban J connectivity index is 1.51. The highest BCUT2D eigenvalue weighted by atomic mass is 16.5. The molecule has 0 aliphatic heterocycles. The van der Waals surface area contributed by atoms with E-state index in [0.29, 0.717) is 23.1 Å². The predicted octanol–water partition coefficient (Wildman–Crippen LogP) is 5.09. The van der Waals surface area contributed by atoms with Crippen LogP contribution in [0.15, 0.2) is 28.8 Å². The summed E-state index contributed by atoms with van der Waals surface area (Å²) in [6.45, 7) is 6.20. The number of aromatic nitrogens is 2. The molecule has 3 aromatic rings. The van der Waals surface area contributed by atoms with Gasteiger partial charge in [-0.15, -0.1) is 0 Å². The summed E-state index contributed by atoms with van der Waals surface area (Å²) in [4.78, 5) is 18.0. The van der Waals surface area contributed by atoms with E-state index in [4.69, 9.17) is 4.52 Å². The molecule has 2 aromatic heterocycles. The van der Waals surface area contributed by atoms with Gasteiger partial charge in [0.2, 0.25) is 0 Å². The molecule has 0 radical (unpaired) electrons. The Labute approximate surface area is 164 Å². The van der Waals surface area contributed by atoms with Crippen molar-refractivity contribution in [2.45, 2.75) is 64.3 Å². The SMILES string of the molecule is Cc1ccc(C(C)NC(=O)c2cc(C3CC3)nc3onc(C4CC4)c23)c(C)c1. The number of benzene rings is 1. The van der Waals surface area contributed by atoms with E-state index < -0.39 is 0 Å². The van der Waals surface area contributed by atoms with E-state index >= 15 is 0 Å². The molecule has 1 atom stereocenters. The molecule has 1 unspecified atom stereocenters. The normalized spacial score (nSPS) is 17.7. The fraction of sp³-hybridized carbons (Fsp3) is 0.435. The van der Waals surface area contributed by atoms with Gasteiger partial charge in [0.15, 0.2) is 0 Å². The number of pyridine rings is 1. The van der Waals surface area contributed by atoms with Gasteiger partial charge in [-0.1, -0.05) is 28.9 Å². The minimum absolute atomic E-state index is 0.0770. The zero-order chi connectivity index (χ0) is 19.4. The van der Waals surface area contributed by atoms with Crippen molar-refractivity contribution in [1.82, 2.24) is 15.5 Å². The zero-order valence-corrected chi connectivity index (χ0v) is 16.6.